The lowest BCUT2D eigenvalue weighted by Gasteiger charge is -2.34. The van der Waals surface area contributed by atoms with Gasteiger partial charge in [-0.15, -0.1) is 0 Å². The number of amides is 1. The van der Waals surface area contributed by atoms with Crippen LogP contribution in [0.25, 0.3) is 10.2 Å². The van der Waals surface area contributed by atoms with Gasteiger partial charge in [-0.3, -0.25) is 4.79 Å². The van der Waals surface area contributed by atoms with Gasteiger partial charge in [-0.05, 0) is 24.3 Å². The number of methoxy groups -OCH3 is 1. The summed E-state index contributed by atoms with van der Waals surface area (Å²) in [5.74, 6) is 0.701. The number of carbonyl (C=O) groups is 1. The number of aromatic nitrogens is 1. The maximum absolute atomic E-state index is 12.6. The van der Waals surface area contributed by atoms with Gasteiger partial charge >= 0.3 is 0 Å². The Balaban J connectivity index is 1.50. The minimum Gasteiger partial charge on any atom is -0.493 e. The highest BCUT2D eigenvalue weighted by Crippen LogP contribution is 2.38. The molecule has 26 heavy (non-hydrogen) atoms. The fourth-order valence-electron chi connectivity index (χ4n) is 3.13. The van der Waals surface area contributed by atoms with Gasteiger partial charge in [0.05, 0.1) is 16.8 Å². The molecule has 0 atom stereocenters. The Morgan fingerprint density at radius 3 is 2.54 bits per heavy atom. The Kier molecular flexibility index (Phi) is 4.70. The van der Waals surface area contributed by atoms with E-state index >= 15 is 0 Å². The molecule has 2 heterocycles. The van der Waals surface area contributed by atoms with Gasteiger partial charge in [0, 0.05) is 31.7 Å². The van der Waals surface area contributed by atoms with Crippen LogP contribution in [0.2, 0.25) is 5.02 Å². The van der Waals surface area contributed by atoms with Crippen LogP contribution in [0.15, 0.2) is 42.5 Å². The molecule has 0 unspecified atom stereocenters. The molecule has 3 aromatic rings. The number of benzene rings is 2. The molecule has 4 rings (SSSR count). The average molecular weight is 388 g/mol. The minimum absolute atomic E-state index is 0.0861. The summed E-state index contributed by atoms with van der Waals surface area (Å²) in [6.45, 7) is 2.88. The molecule has 134 valence electrons. The molecule has 1 aromatic heterocycles. The van der Waals surface area contributed by atoms with Crippen molar-refractivity contribution in [1.29, 1.82) is 0 Å². The van der Waals surface area contributed by atoms with E-state index in [1.807, 2.05) is 47.4 Å². The van der Waals surface area contributed by atoms with Crippen molar-refractivity contribution in [3.8, 4) is 5.75 Å². The number of hydrogen-bond acceptors (Lipinski definition) is 5. The minimum atomic E-state index is 0.0861. The molecule has 1 fully saturated rings. The summed E-state index contributed by atoms with van der Waals surface area (Å²) in [6.07, 6.45) is 0. The van der Waals surface area contributed by atoms with Crippen molar-refractivity contribution in [2.75, 3.05) is 38.2 Å². The van der Waals surface area contributed by atoms with Gasteiger partial charge in [-0.1, -0.05) is 41.1 Å². The number of fused-ring (bicyclic) bond motifs is 1. The number of rotatable bonds is 3. The summed E-state index contributed by atoms with van der Waals surface area (Å²) >= 11 is 7.81. The van der Waals surface area contributed by atoms with Crippen LogP contribution in [0.3, 0.4) is 0 Å². The summed E-state index contributed by atoms with van der Waals surface area (Å²) in [5.41, 5.74) is 1.53. The highest BCUT2D eigenvalue weighted by molar-refractivity contribution is 7.22. The highest BCUT2D eigenvalue weighted by atomic mass is 35.5. The average Bonchev–Trinajstić information content (AvgIpc) is 3.12. The molecule has 0 saturated carbocycles. The van der Waals surface area contributed by atoms with Gasteiger partial charge in [0.2, 0.25) is 0 Å². The third kappa shape index (κ3) is 3.10. The second-order valence-corrected chi connectivity index (χ2v) is 7.49. The molecule has 5 nitrogen and oxygen atoms in total. The van der Waals surface area contributed by atoms with E-state index in [0.29, 0.717) is 23.9 Å². The number of piperazine rings is 1. The van der Waals surface area contributed by atoms with E-state index in [2.05, 4.69) is 4.90 Å². The molecule has 0 aliphatic carbocycles. The quantitative estimate of drug-likeness (QED) is 0.683. The molecule has 0 spiro atoms. The first kappa shape index (κ1) is 17.1. The van der Waals surface area contributed by atoms with Crippen LogP contribution in [0.5, 0.6) is 5.75 Å². The Morgan fingerprint density at radius 1 is 1.12 bits per heavy atom. The van der Waals surface area contributed by atoms with E-state index in [4.69, 9.17) is 21.3 Å². The van der Waals surface area contributed by atoms with Gasteiger partial charge in [0.25, 0.3) is 5.91 Å². The molecule has 0 N–H and O–H groups in total. The summed E-state index contributed by atoms with van der Waals surface area (Å²) in [7, 11) is 1.60. The number of thiazole rings is 1. The van der Waals surface area contributed by atoms with Crippen LogP contribution in [-0.2, 0) is 0 Å². The van der Waals surface area contributed by atoms with Crippen LogP contribution >= 0.6 is 22.9 Å². The Labute approximate surface area is 160 Å². The van der Waals surface area contributed by atoms with E-state index in [0.717, 1.165) is 34.0 Å². The molecule has 0 bridgehead atoms. The summed E-state index contributed by atoms with van der Waals surface area (Å²) in [6, 6.07) is 13.2. The van der Waals surface area contributed by atoms with Crippen molar-refractivity contribution in [1.82, 2.24) is 9.88 Å². The number of anilines is 1. The Hall–Kier alpha value is -2.31. The van der Waals surface area contributed by atoms with Gasteiger partial charge in [0.15, 0.2) is 10.9 Å². The van der Waals surface area contributed by atoms with Crippen LogP contribution in [0, 0.1) is 0 Å². The molecule has 7 heteroatoms. The number of ether oxygens (including phenoxy) is 1. The lowest BCUT2D eigenvalue weighted by molar-refractivity contribution is 0.0747. The number of hydrogen-bond donors (Lipinski definition) is 0. The predicted octanol–water partition coefficient (Wildman–Crippen LogP) is 3.92. The van der Waals surface area contributed by atoms with Crippen molar-refractivity contribution < 1.29 is 9.53 Å². The zero-order valence-corrected chi connectivity index (χ0v) is 15.9. The molecule has 1 saturated heterocycles. The lowest BCUT2D eigenvalue weighted by Crippen LogP contribution is -2.48. The predicted molar refractivity (Wildman–Crippen MR) is 106 cm³/mol. The SMILES string of the molecule is COc1c(Cl)ccc2sc(N3CCN(C(=O)c4ccccc4)CC3)nc12. The van der Waals surface area contributed by atoms with E-state index in [1.165, 1.54) is 0 Å². The lowest BCUT2D eigenvalue weighted by atomic mass is 10.2. The maximum Gasteiger partial charge on any atom is 0.253 e. The third-order valence-electron chi connectivity index (χ3n) is 4.52. The zero-order chi connectivity index (χ0) is 18.1. The first-order valence-electron chi connectivity index (χ1n) is 8.39. The van der Waals surface area contributed by atoms with Gasteiger partial charge < -0.3 is 14.5 Å². The van der Waals surface area contributed by atoms with Crippen molar-refractivity contribution in [3.63, 3.8) is 0 Å². The number of halogens is 1. The zero-order valence-electron chi connectivity index (χ0n) is 14.3. The van der Waals surface area contributed by atoms with Crippen molar-refractivity contribution in [2.45, 2.75) is 0 Å². The molecular weight excluding hydrogens is 370 g/mol. The van der Waals surface area contributed by atoms with Gasteiger partial charge in [0.1, 0.15) is 5.52 Å². The first-order valence-corrected chi connectivity index (χ1v) is 9.59. The van der Waals surface area contributed by atoms with Gasteiger partial charge in [-0.2, -0.15) is 0 Å². The second kappa shape index (κ2) is 7.13. The van der Waals surface area contributed by atoms with E-state index in [1.54, 1.807) is 18.4 Å². The molecular formula is C19H18ClN3O2S. The van der Waals surface area contributed by atoms with Crippen molar-refractivity contribution in [3.05, 3.63) is 53.1 Å². The summed E-state index contributed by atoms with van der Waals surface area (Å²) in [5, 5.41) is 1.50. The molecule has 2 aromatic carbocycles. The summed E-state index contributed by atoms with van der Waals surface area (Å²) in [4.78, 5) is 21.4. The number of nitrogens with zero attached hydrogens (tertiary/aromatic N) is 3. The second-order valence-electron chi connectivity index (χ2n) is 6.07. The van der Waals surface area contributed by atoms with Gasteiger partial charge in [-0.25, -0.2) is 4.98 Å². The fourth-order valence-corrected chi connectivity index (χ4v) is 4.37. The van der Waals surface area contributed by atoms with Crippen LogP contribution in [-0.4, -0.2) is 49.1 Å². The monoisotopic (exact) mass is 387 g/mol. The standard InChI is InChI=1S/C19H18ClN3O2S/c1-25-17-14(20)7-8-15-16(17)21-19(26-15)23-11-9-22(10-12-23)18(24)13-5-3-2-4-6-13/h2-8H,9-12H2,1H3. The number of carbonyl (C=O) groups excluding carboxylic acids is 1. The highest BCUT2D eigenvalue weighted by Gasteiger charge is 2.24. The largest absolute Gasteiger partial charge is 0.493 e. The normalized spacial score (nSPS) is 14.7. The smallest absolute Gasteiger partial charge is 0.253 e. The maximum atomic E-state index is 12.6. The van der Waals surface area contributed by atoms with Crippen LogP contribution in [0.1, 0.15) is 10.4 Å². The third-order valence-corrected chi connectivity index (χ3v) is 5.90. The van der Waals surface area contributed by atoms with Crippen LogP contribution in [0.4, 0.5) is 5.13 Å². The van der Waals surface area contributed by atoms with E-state index < -0.39 is 0 Å². The first-order chi connectivity index (χ1) is 12.7. The van der Waals surface area contributed by atoms with E-state index in [-0.39, 0.29) is 5.91 Å². The summed E-state index contributed by atoms with van der Waals surface area (Å²) < 4.78 is 6.44. The molecule has 1 aliphatic heterocycles. The van der Waals surface area contributed by atoms with E-state index in [9.17, 15) is 4.79 Å². The Bertz CT molecular complexity index is 937. The molecule has 0 radical (unpaired) electrons. The van der Waals surface area contributed by atoms with Crippen LogP contribution < -0.4 is 9.64 Å². The fraction of sp³-hybridized carbons (Fsp3) is 0.263. The molecule has 1 aliphatic rings. The molecule has 1 amide bonds. The Morgan fingerprint density at radius 2 is 1.85 bits per heavy atom. The topological polar surface area (TPSA) is 45.7 Å². The van der Waals surface area contributed by atoms with Crippen molar-refractivity contribution >= 4 is 44.2 Å². The van der Waals surface area contributed by atoms with Crippen molar-refractivity contribution in [2.24, 2.45) is 0 Å².